The summed E-state index contributed by atoms with van der Waals surface area (Å²) in [7, 11) is 2.88. The number of hydrogen-bond donors (Lipinski definition) is 2. The number of nitriles is 1. The first-order valence-electron chi connectivity index (χ1n) is 9.15. The SMILES string of the molecule is COc1nc(NSc2c[nH]c3c(-c4ncccn4)c(Cl)ccc23)nc(OC)c1OCC#N. The molecule has 0 atom stereocenters. The molecule has 2 N–H and O–H groups in total. The average molecular weight is 470 g/mol. The van der Waals surface area contributed by atoms with Gasteiger partial charge in [0.25, 0.3) is 11.8 Å². The second kappa shape index (κ2) is 9.59. The summed E-state index contributed by atoms with van der Waals surface area (Å²) < 4.78 is 18.9. The standard InChI is InChI=1S/C20H16ClN7O3S/c1-29-18-16(31-9-6-22)19(30-2)27-20(26-18)28-32-13-10-25-15-11(13)4-5-12(21)14(15)17-23-7-3-8-24-17/h3-5,7-8,10,25H,9H2,1-2H3,(H,26,27,28). The Morgan fingerprint density at radius 1 is 1.16 bits per heavy atom. The van der Waals surface area contributed by atoms with Crippen LogP contribution in [0.5, 0.6) is 17.5 Å². The molecule has 3 heterocycles. The van der Waals surface area contributed by atoms with Crippen molar-refractivity contribution < 1.29 is 14.2 Å². The minimum absolute atomic E-state index is 0.143. The van der Waals surface area contributed by atoms with Gasteiger partial charge in [-0.05, 0) is 24.1 Å². The van der Waals surface area contributed by atoms with Gasteiger partial charge in [-0.15, -0.1) is 0 Å². The van der Waals surface area contributed by atoms with E-state index in [-0.39, 0.29) is 30.1 Å². The number of methoxy groups -OCH3 is 2. The molecule has 0 radical (unpaired) electrons. The zero-order chi connectivity index (χ0) is 22.5. The van der Waals surface area contributed by atoms with Crippen LogP contribution in [0.15, 0.2) is 41.7 Å². The van der Waals surface area contributed by atoms with Crippen LogP contribution in [0.1, 0.15) is 0 Å². The van der Waals surface area contributed by atoms with Crippen molar-refractivity contribution in [3.8, 4) is 35.0 Å². The van der Waals surface area contributed by atoms with Crippen LogP contribution in [-0.4, -0.2) is 45.7 Å². The summed E-state index contributed by atoms with van der Waals surface area (Å²) in [6.07, 6.45) is 5.17. The van der Waals surface area contributed by atoms with E-state index in [4.69, 9.17) is 31.1 Å². The van der Waals surface area contributed by atoms with E-state index in [1.807, 2.05) is 18.3 Å². The normalized spacial score (nSPS) is 10.6. The molecule has 0 fully saturated rings. The van der Waals surface area contributed by atoms with Crippen molar-refractivity contribution in [2.24, 2.45) is 0 Å². The molecule has 0 saturated carbocycles. The lowest BCUT2D eigenvalue weighted by molar-refractivity contribution is 0.290. The Balaban J connectivity index is 1.64. The van der Waals surface area contributed by atoms with E-state index >= 15 is 0 Å². The lowest BCUT2D eigenvalue weighted by Crippen LogP contribution is -2.05. The molecule has 12 heteroatoms. The number of ether oxygens (including phenoxy) is 3. The molecule has 0 aliphatic rings. The van der Waals surface area contributed by atoms with Crippen LogP contribution in [-0.2, 0) is 0 Å². The van der Waals surface area contributed by atoms with Gasteiger partial charge in [0.2, 0.25) is 11.7 Å². The van der Waals surface area contributed by atoms with Crippen LogP contribution >= 0.6 is 23.5 Å². The second-order valence-electron chi connectivity index (χ2n) is 6.12. The molecule has 0 spiro atoms. The van der Waals surface area contributed by atoms with E-state index in [9.17, 15) is 0 Å². The van der Waals surface area contributed by atoms with Gasteiger partial charge in [-0.3, -0.25) is 4.72 Å². The van der Waals surface area contributed by atoms with E-state index in [1.165, 1.54) is 26.2 Å². The maximum atomic E-state index is 8.76. The third-order valence-electron chi connectivity index (χ3n) is 4.28. The number of rotatable bonds is 8. The second-order valence-corrected chi connectivity index (χ2v) is 7.37. The smallest absolute Gasteiger partial charge is 0.266 e. The predicted octanol–water partition coefficient (Wildman–Crippen LogP) is 4.11. The van der Waals surface area contributed by atoms with Crippen molar-refractivity contribution in [2.45, 2.75) is 4.90 Å². The zero-order valence-electron chi connectivity index (χ0n) is 16.9. The monoisotopic (exact) mass is 469 g/mol. The molecule has 0 bridgehead atoms. The van der Waals surface area contributed by atoms with E-state index in [0.29, 0.717) is 10.8 Å². The Morgan fingerprint density at radius 3 is 2.53 bits per heavy atom. The Morgan fingerprint density at radius 2 is 1.88 bits per heavy atom. The fourth-order valence-electron chi connectivity index (χ4n) is 2.94. The number of hydrogen-bond acceptors (Lipinski definition) is 10. The molecule has 3 aromatic heterocycles. The number of halogens is 1. The highest BCUT2D eigenvalue weighted by Crippen LogP contribution is 2.39. The zero-order valence-corrected chi connectivity index (χ0v) is 18.5. The van der Waals surface area contributed by atoms with E-state index in [1.54, 1.807) is 24.5 Å². The fraction of sp³-hybridized carbons (Fsp3) is 0.150. The fourth-order valence-corrected chi connectivity index (χ4v) is 3.87. The summed E-state index contributed by atoms with van der Waals surface area (Å²) in [6.45, 7) is -0.192. The van der Waals surface area contributed by atoms with Crippen LogP contribution < -0.4 is 18.9 Å². The van der Waals surface area contributed by atoms with Crippen LogP contribution in [0.4, 0.5) is 5.95 Å². The molecule has 10 nitrogen and oxygen atoms in total. The van der Waals surface area contributed by atoms with Gasteiger partial charge >= 0.3 is 0 Å². The molecule has 0 aliphatic carbocycles. The van der Waals surface area contributed by atoms with E-state index in [0.717, 1.165) is 21.4 Å². The maximum Gasteiger partial charge on any atom is 0.266 e. The molecule has 0 aliphatic heterocycles. The number of benzene rings is 1. The maximum absolute atomic E-state index is 8.76. The third-order valence-corrected chi connectivity index (χ3v) is 5.44. The van der Waals surface area contributed by atoms with Gasteiger partial charge in [-0.2, -0.15) is 15.2 Å². The van der Waals surface area contributed by atoms with Gasteiger partial charge in [-0.1, -0.05) is 17.7 Å². The first kappa shape index (κ1) is 21.5. The van der Waals surface area contributed by atoms with Gasteiger partial charge in [0.15, 0.2) is 12.4 Å². The van der Waals surface area contributed by atoms with Crippen molar-refractivity contribution in [1.29, 1.82) is 5.26 Å². The minimum atomic E-state index is -0.192. The third kappa shape index (κ3) is 4.18. The molecule has 4 aromatic rings. The molecule has 0 amide bonds. The molecular formula is C20H16ClN7O3S. The molecule has 0 saturated heterocycles. The average Bonchev–Trinajstić information content (AvgIpc) is 3.24. The topological polar surface area (TPSA) is 131 Å². The van der Waals surface area contributed by atoms with Crippen LogP contribution in [0.2, 0.25) is 5.02 Å². The summed E-state index contributed by atoms with van der Waals surface area (Å²) >= 11 is 7.72. The van der Waals surface area contributed by atoms with Crippen molar-refractivity contribution in [2.75, 3.05) is 25.5 Å². The summed E-state index contributed by atoms with van der Waals surface area (Å²) in [6, 6.07) is 7.34. The van der Waals surface area contributed by atoms with Crippen molar-refractivity contribution in [1.82, 2.24) is 24.9 Å². The van der Waals surface area contributed by atoms with Crippen LogP contribution in [0.3, 0.4) is 0 Å². The number of fused-ring (bicyclic) bond motifs is 1. The van der Waals surface area contributed by atoms with Crippen molar-refractivity contribution in [3.05, 3.63) is 41.8 Å². The Labute approximate surface area is 192 Å². The molecule has 32 heavy (non-hydrogen) atoms. The van der Waals surface area contributed by atoms with Gasteiger partial charge in [0.05, 0.1) is 35.2 Å². The first-order valence-corrected chi connectivity index (χ1v) is 10.3. The predicted molar refractivity (Wildman–Crippen MR) is 120 cm³/mol. The number of nitrogens with zero attached hydrogens (tertiary/aromatic N) is 5. The van der Waals surface area contributed by atoms with Crippen molar-refractivity contribution in [3.63, 3.8) is 0 Å². The highest BCUT2D eigenvalue weighted by molar-refractivity contribution is 8.00. The molecule has 0 unspecified atom stereocenters. The summed E-state index contributed by atoms with van der Waals surface area (Å²) in [4.78, 5) is 21.3. The van der Waals surface area contributed by atoms with Gasteiger partial charge < -0.3 is 19.2 Å². The largest absolute Gasteiger partial charge is 0.478 e. The number of anilines is 1. The van der Waals surface area contributed by atoms with Crippen LogP contribution in [0, 0.1) is 11.3 Å². The summed E-state index contributed by atoms with van der Waals surface area (Å²) in [5, 5.41) is 10.2. The van der Waals surface area contributed by atoms with Crippen LogP contribution in [0.25, 0.3) is 22.3 Å². The van der Waals surface area contributed by atoms with Gasteiger partial charge in [0.1, 0.15) is 6.07 Å². The summed E-state index contributed by atoms with van der Waals surface area (Å²) in [5.74, 6) is 1.21. The highest BCUT2D eigenvalue weighted by atomic mass is 35.5. The molecule has 1 aromatic carbocycles. The lowest BCUT2D eigenvalue weighted by Gasteiger charge is -2.12. The number of H-pyrrole nitrogens is 1. The number of aromatic nitrogens is 5. The lowest BCUT2D eigenvalue weighted by atomic mass is 10.1. The molecule has 162 valence electrons. The van der Waals surface area contributed by atoms with Gasteiger partial charge in [-0.25, -0.2) is 9.97 Å². The Kier molecular flexibility index (Phi) is 6.44. The Bertz CT molecular complexity index is 1270. The molecular weight excluding hydrogens is 454 g/mol. The van der Waals surface area contributed by atoms with E-state index < -0.39 is 0 Å². The van der Waals surface area contributed by atoms with E-state index in [2.05, 4.69) is 29.6 Å². The number of nitrogens with one attached hydrogen (secondary N) is 2. The first-order chi connectivity index (χ1) is 15.7. The van der Waals surface area contributed by atoms with Gasteiger partial charge in [0, 0.05) is 24.0 Å². The quantitative estimate of drug-likeness (QED) is 0.363. The highest BCUT2D eigenvalue weighted by Gasteiger charge is 2.19. The minimum Gasteiger partial charge on any atom is -0.478 e. The van der Waals surface area contributed by atoms with Crippen molar-refractivity contribution >= 4 is 40.4 Å². The molecule has 4 rings (SSSR count). The summed E-state index contributed by atoms with van der Waals surface area (Å²) in [5.41, 5.74) is 1.53. The Hall–Kier alpha value is -3.75. The number of aromatic amines is 1.